The molecule has 0 aromatic heterocycles. The smallest absolute Gasteiger partial charge is 0.264 e. The normalized spacial score (nSPS) is 15.2. The SMILES string of the molecule is O=C(CN(c1ccc(Cl)cc1)S(=O)(=O)c1ccccc1)N1CCCCCC1. The summed E-state index contributed by atoms with van der Waals surface area (Å²) in [5, 5.41) is 0.509. The Hall–Kier alpha value is -2.05. The summed E-state index contributed by atoms with van der Waals surface area (Å²) in [4.78, 5) is 14.8. The van der Waals surface area contributed by atoms with Crippen molar-refractivity contribution in [2.75, 3.05) is 23.9 Å². The van der Waals surface area contributed by atoms with Gasteiger partial charge in [-0.05, 0) is 49.2 Å². The molecule has 27 heavy (non-hydrogen) atoms. The average Bonchev–Trinajstić information content (AvgIpc) is 2.97. The van der Waals surface area contributed by atoms with Gasteiger partial charge in [0.2, 0.25) is 5.91 Å². The van der Waals surface area contributed by atoms with Crippen LogP contribution in [0.15, 0.2) is 59.5 Å². The number of nitrogens with zero attached hydrogens (tertiary/aromatic N) is 2. The monoisotopic (exact) mass is 406 g/mol. The third-order valence-electron chi connectivity index (χ3n) is 4.68. The van der Waals surface area contributed by atoms with E-state index in [0.29, 0.717) is 23.8 Å². The summed E-state index contributed by atoms with van der Waals surface area (Å²) < 4.78 is 27.6. The van der Waals surface area contributed by atoms with Crippen LogP contribution < -0.4 is 4.31 Å². The molecule has 3 rings (SSSR count). The Morgan fingerprint density at radius 1 is 0.926 bits per heavy atom. The molecule has 1 saturated heterocycles. The zero-order chi connectivity index (χ0) is 19.3. The Labute approximate surface area is 165 Å². The van der Waals surface area contributed by atoms with Crippen LogP contribution in [0.5, 0.6) is 0 Å². The van der Waals surface area contributed by atoms with Gasteiger partial charge in [-0.15, -0.1) is 0 Å². The van der Waals surface area contributed by atoms with Crippen molar-refractivity contribution < 1.29 is 13.2 Å². The lowest BCUT2D eigenvalue weighted by atomic mass is 10.2. The van der Waals surface area contributed by atoms with Crippen molar-refractivity contribution in [2.24, 2.45) is 0 Å². The minimum absolute atomic E-state index is 0.156. The Bertz CT molecular complexity index is 862. The molecule has 5 nitrogen and oxygen atoms in total. The Balaban J connectivity index is 1.92. The third-order valence-corrected chi connectivity index (χ3v) is 6.72. The first-order chi connectivity index (χ1) is 13.0. The van der Waals surface area contributed by atoms with E-state index in [0.717, 1.165) is 25.7 Å². The van der Waals surface area contributed by atoms with Gasteiger partial charge in [0.05, 0.1) is 10.6 Å². The second-order valence-corrected chi connectivity index (χ2v) is 8.89. The largest absolute Gasteiger partial charge is 0.341 e. The van der Waals surface area contributed by atoms with E-state index in [1.807, 2.05) is 0 Å². The molecule has 0 unspecified atom stereocenters. The van der Waals surface area contributed by atoms with Crippen molar-refractivity contribution in [3.8, 4) is 0 Å². The van der Waals surface area contributed by atoms with Gasteiger partial charge in [-0.2, -0.15) is 0 Å². The molecular formula is C20H23ClN2O3S. The van der Waals surface area contributed by atoms with Crippen LogP contribution in [0.2, 0.25) is 5.02 Å². The first kappa shape index (κ1) is 19.7. The highest BCUT2D eigenvalue weighted by Crippen LogP contribution is 2.25. The van der Waals surface area contributed by atoms with E-state index in [1.165, 1.54) is 16.4 Å². The molecule has 1 aliphatic heterocycles. The number of carbonyl (C=O) groups excluding carboxylic acids is 1. The second kappa shape index (κ2) is 8.76. The van der Waals surface area contributed by atoms with Crippen LogP contribution in [-0.2, 0) is 14.8 Å². The van der Waals surface area contributed by atoms with Gasteiger partial charge in [0.25, 0.3) is 10.0 Å². The van der Waals surface area contributed by atoms with E-state index in [2.05, 4.69) is 0 Å². The maximum Gasteiger partial charge on any atom is 0.264 e. The van der Waals surface area contributed by atoms with Crippen LogP contribution in [-0.4, -0.2) is 38.9 Å². The van der Waals surface area contributed by atoms with Crippen molar-refractivity contribution in [3.05, 3.63) is 59.6 Å². The van der Waals surface area contributed by atoms with E-state index in [9.17, 15) is 13.2 Å². The second-order valence-electron chi connectivity index (χ2n) is 6.60. The number of anilines is 1. The molecule has 0 atom stereocenters. The summed E-state index contributed by atoms with van der Waals surface area (Å²) in [5.41, 5.74) is 0.423. The quantitative estimate of drug-likeness (QED) is 0.755. The van der Waals surface area contributed by atoms with Crippen molar-refractivity contribution >= 4 is 33.2 Å². The van der Waals surface area contributed by atoms with Crippen LogP contribution in [0.25, 0.3) is 0 Å². The fourth-order valence-corrected chi connectivity index (χ4v) is 4.75. The average molecular weight is 407 g/mol. The Kier molecular flexibility index (Phi) is 6.39. The molecule has 1 fully saturated rings. The van der Waals surface area contributed by atoms with E-state index < -0.39 is 10.0 Å². The molecule has 2 aromatic carbocycles. The van der Waals surface area contributed by atoms with E-state index >= 15 is 0 Å². The van der Waals surface area contributed by atoms with Crippen molar-refractivity contribution in [1.29, 1.82) is 0 Å². The number of benzene rings is 2. The summed E-state index contributed by atoms with van der Waals surface area (Å²) >= 11 is 5.95. The summed E-state index contributed by atoms with van der Waals surface area (Å²) in [7, 11) is -3.87. The topological polar surface area (TPSA) is 57.7 Å². The van der Waals surface area contributed by atoms with Crippen LogP contribution in [0.3, 0.4) is 0 Å². The van der Waals surface area contributed by atoms with Gasteiger partial charge in [-0.1, -0.05) is 42.6 Å². The molecule has 1 heterocycles. The molecule has 0 saturated carbocycles. The van der Waals surface area contributed by atoms with Crippen molar-refractivity contribution in [3.63, 3.8) is 0 Å². The summed E-state index contributed by atoms with van der Waals surface area (Å²) in [6.45, 7) is 1.14. The minimum Gasteiger partial charge on any atom is -0.341 e. The van der Waals surface area contributed by atoms with Crippen LogP contribution in [0.1, 0.15) is 25.7 Å². The van der Waals surface area contributed by atoms with Gasteiger partial charge in [-0.3, -0.25) is 9.10 Å². The van der Waals surface area contributed by atoms with Crippen LogP contribution >= 0.6 is 11.6 Å². The molecule has 2 aromatic rings. The van der Waals surface area contributed by atoms with Crippen molar-refractivity contribution in [2.45, 2.75) is 30.6 Å². The molecule has 0 radical (unpaired) electrons. The van der Waals surface area contributed by atoms with Gasteiger partial charge < -0.3 is 4.90 Å². The first-order valence-electron chi connectivity index (χ1n) is 9.09. The number of sulfonamides is 1. The number of carbonyl (C=O) groups is 1. The van der Waals surface area contributed by atoms with Crippen molar-refractivity contribution in [1.82, 2.24) is 4.90 Å². The Morgan fingerprint density at radius 2 is 1.52 bits per heavy atom. The first-order valence-corrected chi connectivity index (χ1v) is 10.9. The maximum absolute atomic E-state index is 13.2. The zero-order valence-electron chi connectivity index (χ0n) is 15.1. The van der Waals surface area contributed by atoms with E-state index in [-0.39, 0.29) is 17.3 Å². The molecule has 144 valence electrons. The van der Waals surface area contributed by atoms with E-state index in [4.69, 9.17) is 11.6 Å². The molecule has 7 heteroatoms. The Morgan fingerprint density at radius 3 is 2.11 bits per heavy atom. The number of rotatable bonds is 5. The third kappa shape index (κ3) is 4.82. The number of halogens is 1. The summed E-state index contributed by atoms with van der Waals surface area (Å²) in [6, 6.07) is 14.7. The highest BCUT2D eigenvalue weighted by atomic mass is 35.5. The predicted octanol–water partition coefficient (Wildman–Crippen LogP) is 3.94. The molecule has 0 bridgehead atoms. The van der Waals surface area contributed by atoms with Gasteiger partial charge in [-0.25, -0.2) is 8.42 Å². The molecule has 0 aliphatic carbocycles. The van der Waals surface area contributed by atoms with Gasteiger partial charge >= 0.3 is 0 Å². The lowest BCUT2D eigenvalue weighted by molar-refractivity contribution is -0.129. The highest BCUT2D eigenvalue weighted by Gasteiger charge is 2.29. The van der Waals surface area contributed by atoms with Gasteiger partial charge in [0, 0.05) is 18.1 Å². The summed E-state index contributed by atoms with van der Waals surface area (Å²) in [6.07, 6.45) is 4.12. The number of likely N-dealkylation sites (tertiary alicyclic amines) is 1. The molecule has 1 amide bonds. The predicted molar refractivity (Wildman–Crippen MR) is 107 cm³/mol. The molecule has 0 N–H and O–H groups in total. The van der Waals surface area contributed by atoms with Crippen LogP contribution in [0.4, 0.5) is 5.69 Å². The number of amides is 1. The van der Waals surface area contributed by atoms with E-state index in [1.54, 1.807) is 47.4 Å². The standard InChI is InChI=1S/C20H23ClN2O3S/c21-17-10-12-18(13-11-17)23(27(25,26)19-8-4-3-5-9-19)16-20(24)22-14-6-1-2-7-15-22/h3-5,8-13H,1-2,6-7,14-16H2. The number of hydrogen-bond acceptors (Lipinski definition) is 3. The van der Waals surface area contributed by atoms with Gasteiger partial charge in [0.1, 0.15) is 6.54 Å². The number of hydrogen-bond donors (Lipinski definition) is 0. The maximum atomic E-state index is 13.2. The fourth-order valence-electron chi connectivity index (χ4n) is 3.19. The lowest BCUT2D eigenvalue weighted by Gasteiger charge is -2.28. The molecular weight excluding hydrogens is 384 g/mol. The lowest BCUT2D eigenvalue weighted by Crippen LogP contribution is -2.43. The minimum atomic E-state index is -3.87. The molecule has 1 aliphatic rings. The van der Waals surface area contributed by atoms with Gasteiger partial charge in [0.15, 0.2) is 0 Å². The zero-order valence-corrected chi connectivity index (χ0v) is 16.6. The van der Waals surface area contributed by atoms with Crippen LogP contribution in [0, 0.1) is 0 Å². The molecule has 0 spiro atoms. The fraction of sp³-hybridized carbons (Fsp3) is 0.350. The summed E-state index contributed by atoms with van der Waals surface area (Å²) in [5.74, 6) is -0.175. The highest BCUT2D eigenvalue weighted by molar-refractivity contribution is 7.92.